The number of hydrogen-bond donors (Lipinski definition) is 2. The van der Waals surface area contributed by atoms with E-state index in [1.54, 1.807) is 19.3 Å². The Morgan fingerprint density at radius 1 is 1.31 bits per heavy atom. The van der Waals surface area contributed by atoms with Crippen molar-refractivity contribution in [1.82, 2.24) is 0 Å². The van der Waals surface area contributed by atoms with Crippen molar-refractivity contribution in [3.63, 3.8) is 0 Å². The van der Waals surface area contributed by atoms with E-state index in [1.165, 1.54) is 0 Å². The van der Waals surface area contributed by atoms with Crippen LogP contribution in [-0.2, 0) is 16.2 Å². The quantitative estimate of drug-likeness (QED) is 0.623. The molecule has 3 N–H and O–H groups in total. The molecule has 29 heavy (non-hydrogen) atoms. The van der Waals surface area contributed by atoms with Gasteiger partial charge in [-0.2, -0.15) is 4.99 Å². The number of carbonyl (C=O) groups excluding carboxylic acids is 1. The van der Waals surface area contributed by atoms with Crippen molar-refractivity contribution in [1.29, 1.82) is 0 Å². The summed E-state index contributed by atoms with van der Waals surface area (Å²) in [7, 11) is 1.57. The number of halogens is 1. The van der Waals surface area contributed by atoms with Crippen LogP contribution >= 0.6 is 27.7 Å². The molecule has 1 aliphatic heterocycles. The summed E-state index contributed by atoms with van der Waals surface area (Å²) in [5.41, 5.74) is 7.42. The molecule has 0 saturated heterocycles. The molecule has 0 bridgehead atoms. The van der Waals surface area contributed by atoms with Crippen molar-refractivity contribution < 1.29 is 24.2 Å². The zero-order valence-corrected chi connectivity index (χ0v) is 18.1. The van der Waals surface area contributed by atoms with Crippen LogP contribution in [-0.4, -0.2) is 29.3 Å². The molecule has 0 saturated carbocycles. The Balaban J connectivity index is 0.000000687. The first-order valence-electron chi connectivity index (χ1n) is 8.32. The third-order valence-electron chi connectivity index (χ3n) is 3.41. The molecule has 3 rings (SSSR count). The summed E-state index contributed by atoms with van der Waals surface area (Å²) in [4.78, 5) is 24.9. The van der Waals surface area contributed by atoms with Crippen LogP contribution in [0.1, 0.15) is 18.1 Å². The van der Waals surface area contributed by atoms with Crippen LogP contribution in [0.2, 0.25) is 0 Å². The highest BCUT2D eigenvalue weighted by atomic mass is 79.9. The van der Waals surface area contributed by atoms with Crippen molar-refractivity contribution in [2.75, 3.05) is 7.11 Å². The van der Waals surface area contributed by atoms with E-state index in [0.29, 0.717) is 23.0 Å². The molecule has 0 spiro atoms. The summed E-state index contributed by atoms with van der Waals surface area (Å²) >= 11 is 4.66. The largest absolute Gasteiger partial charge is 0.493 e. The lowest BCUT2D eigenvalue weighted by Crippen LogP contribution is -2.01. The van der Waals surface area contributed by atoms with Crippen LogP contribution < -0.4 is 15.2 Å². The van der Waals surface area contributed by atoms with E-state index in [2.05, 4.69) is 20.9 Å². The number of hydrogen-bond acceptors (Lipinski definition) is 6. The second kappa shape index (κ2) is 10.7. The Hall–Kier alpha value is -2.78. The first kappa shape index (κ1) is 22.5. The average molecular weight is 479 g/mol. The van der Waals surface area contributed by atoms with Gasteiger partial charge < -0.3 is 20.3 Å². The predicted molar refractivity (Wildman–Crippen MR) is 117 cm³/mol. The second-order valence-electron chi connectivity index (χ2n) is 5.69. The fraction of sp³-hybridized carbons (Fsp3) is 0.150. The number of benzene rings is 2. The summed E-state index contributed by atoms with van der Waals surface area (Å²) in [5, 5.41) is 7.67. The van der Waals surface area contributed by atoms with E-state index in [0.717, 1.165) is 34.3 Å². The molecule has 152 valence electrons. The number of rotatable bonds is 5. The van der Waals surface area contributed by atoms with Gasteiger partial charge >= 0.3 is 0 Å². The lowest BCUT2D eigenvalue weighted by molar-refractivity contribution is -0.134. The zero-order chi connectivity index (χ0) is 21.4. The molecular formula is C20H19BrN2O5S. The molecule has 1 aliphatic rings. The van der Waals surface area contributed by atoms with Gasteiger partial charge in [-0.1, -0.05) is 30.3 Å². The monoisotopic (exact) mass is 478 g/mol. The normalized spacial score (nSPS) is 14.1. The number of methoxy groups -OCH3 is 1. The molecule has 0 unspecified atom stereocenters. The highest BCUT2D eigenvalue weighted by molar-refractivity contribution is 9.10. The second-order valence-corrected chi connectivity index (χ2v) is 7.61. The van der Waals surface area contributed by atoms with E-state index >= 15 is 0 Å². The van der Waals surface area contributed by atoms with E-state index in [-0.39, 0.29) is 11.1 Å². The third-order valence-corrected chi connectivity index (χ3v) is 4.81. The summed E-state index contributed by atoms with van der Waals surface area (Å²) in [5.74, 6) is 0.0122. The SMILES string of the molecule is CC(=O)O.COc1cc(/C=C2\SC(N)=NC2=O)cc(Br)c1OCc1ccccc1. The van der Waals surface area contributed by atoms with E-state index in [1.807, 2.05) is 36.4 Å². The Morgan fingerprint density at radius 3 is 2.52 bits per heavy atom. The van der Waals surface area contributed by atoms with Crippen molar-refractivity contribution in [2.24, 2.45) is 10.7 Å². The van der Waals surface area contributed by atoms with Gasteiger partial charge in [-0.25, -0.2) is 0 Å². The van der Waals surface area contributed by atoms with Crippen LogP contribution in [0.15, 0.2) is 56.8 Å². The third kappa shape index (κ3) is 6.95. The number of amides is 1. The topological polar surface area (TPSA) is 111 Å². The van der Waals surface area contributed by atoms with Crippen molar-refractivity contribution in [3.05, 3.63) is 63.0 Å². The molecule has 0 aliphatic carbocycles. The van der Waals surface area contributed by atoms with Gasteiger partial charge in [0, 0.05) is 6.92 Å². The molecule has 0 radical (unpaired) electrons. The van der Waals surface area contributed by atoms with Gasteiger partial charge in [0.25, 0.3) is 11.9 Å². The van der Waals surface area contributed by atoms with Crippen molar-refractivity contribution in [2.45, 2.75) is 13.5 Å². The van der Waals surface area contributed by atoms with Crippen LogP contribution in [0.3, 0.4) is 0 Å². The Kier molecular flexibility index (Phi) is 8.29. The molecule has 0 aromatic heterocycles. The number of nitrogens with two attached hydrogens (primary N) is 1. The van der Waals surface area contributed by atoms with Gasteiger partial charge in [0.05, 0.1) is 16.5 Å². The molecule has 7 nitrogen and oxygen atoms in total. The first-order chi connectivity index (χ1) is 13.8. The van der Waals surface area contributed by atoms with Gasteiger partial charge in [-0.3, -0.25) is 9.59 Å². The van der Waals surface area contributed by atoms with Crippen molar-refractivity contribution >= 4 is 50.8 Å². The molecule has 0 fully saturated rings. The summed E-state index contributed by atoms with van der Waals surface area (Å²) in [6.45, 7) is 1.51. The summed E-state index contributed by atoms with van der Waals surface area (Å²) in [6, 6.07) is 13.5. The Morgan fingerprint density at radius 2 is 1.97 bits per heavy atom. The maximum absolute atomic E-state index is 11.7. The highest BCUT2D eigenvalue weighted by Crippen LogP contribution is 2.38. The maximum Gasteiger partial charge on any atom is 0.300 e. The number of carbonyl (C=O) groups is 2. The van der Waals surface area contributed by atoms with E-state index in [9.17, 15) is 4.79 Å². The molecule has 1 heterocycles. The molecule has 2 aromatic carbocycles. The number of aliphatic carboxylic acids is 1. The average Bonchev–Trinajstić information content (AvgIpc) is 2.97. The molecular weight excluding hydrogens is 460 g/mol. The number of thioether (sulfide) groups is 1. The summed E-state index contributed by atoms with van der Waals surface area (Å²) < 4.78 is 12.1. The Bertz CT molecular complexity index is 957. The van der Waals surface area contributed by atoms with E-state index in [4.69, 9.17) is 25.1 Å². The number of ether oxygens (including phenoxy) is 2. The molecule has 0 atom stereocenters. The predicted octanol–water partition coefficient (Wildman–Crippen LogP) is 4.06. The standard InChI is InChI=1S/C18H15BrN2O3S.C2H4O2/c1-23-14-8-12(9-15-17(22)21-18(20)25-15)7-13(19)16(14)24-10-11-5-3-2-4-6-11;1-2(3)4/h2-9H,10H2,1H3,(H2,20,21,22);1H3,(H,3,4)/b15-9-;. The van der Waals surface area contributed by atoms with Gasteiger partial charge in [0.1, 0.15) is 6.61 Å². The minimum Gasteiger partial charge on any atom is -0.493 e. The first-order valence-corrected chi connectivity index (χ1v) is 9.93. The van der Waals surface area contributed by atoms with Gasteiger partial charge in [0.2, 0.25) is 0 Å². The van der Waals surface area contributed by atoms with Crippen LogP contribution in [0.4, 0.5) is 0 Å². The molecule has 1 amide bonds. The van der Waals surface area contributed by atoms with Crippen LogP contribution in [0.25, 0.3) is 6.08 Å². The van der Waals surface area contributed by atoms with Crippen LogP contribution in [0, 0.1) is 0 Å². The number of carboxylic acids is 1. The van der Waals surface area contributed by atoms with E-state index < -0.39 is 5.97 Å². The number of amidine groups is 1. The summed E-state index contributed by atoms with van der Waals surface area (Å²) in [6.07, 6.45) is 1.73. The molecule has 2 aromatic rings. The maximum atomic E-state index is 11.7. The lowest BCUT2D eigenvalue weighted by Gasteiger charge is -2.14. The minimum atomic E-state index is -0.833. The number of carboxylic acid groups (broad SMARTS) is 1. The highest BCUT2D eigenvalue weighted by Gasteiger charge is 2.20. The minimum absolute atomic E-state index is 0.255. The zero-order valence-electron chi connectivity index (χ0n) is 15.7. The molecule has 9 heteroatoms. The van der Waals surface area contributed by atoms with Crippen molar-refractivity contribution in [3.8, 4) is 11.5 Å². The van der Waals surface area contributed by atoms with Gasteiger partial charge in [-0.15, -0.1) is 0 Å². The number of aliphatic imine (C=N–C) groups is 1. The van der Waals surface area contributed by atoms with Gasteiger partial charge in [-0.05, 0) is 57.0 Å². The fourth-order valence-electron chi connectivity index (χ4n) is 2.27. The van der Waals surface area contributed by atoms with Gasteiger partial charge in [0.15, 0.2) is 16.7 Å². The fourth-order valence-corrected chi connectivity index (χ4v) is 3.53. The van der Waals surface area contributed by atoms with Crippen LogP contribution in [0.5, 0.6) is 11.5 Å². The lowest BCUT2D eigenvalue weighted by atomic mass is 10.2. The Labute approximate surface area is 180 Å². The smallest absolute Gasteiger partial charge is 0.300 e. The number of nitrogens with zero attached hydrogens (tertiary/aromatic N) is 1.